The maximum absolute atomic E-state index is 13.6. The van der Waals surface area contributed by atoms with Crippen LogP contribution < -0.4 is 5.32 Å². The average molecular weight is 283 g/mol. The van der Waals surface area contributed by atoms with Crippen LogP contribution in [-0.4, -0.2) is 25.2 Å². The number of rotatable bonds is 3. The van der Waals surface area contributed by atoms with Crippen LogP contribution >= 0.6 is 12.6 Å². The molecule has 0 aromatic heterocycles. The summed E-state index contributed by atoms with van der Waals surface area (Å²) in [4.78, 5) is 12.6. The van der Waals surface area contributed by atoms with E-state index in [1.54, 1.807) is 0 Å². The molecule has 1 amide bonds. The van der Waals surface area contributed by atoms with Gasteiger partial charge in [0.1, 0.15) is 5.82 Å². The molecule has 0 radical (unpaired) electrons. The lowest BCUT2D eigenvalue weighted by molar-refractivity contribution is 0.0537. The Kier molecular flexibility index (Phi) is 4.82. The van der Waals surface area contributed by atoms with E-state index in [0.29, 0.717) is 10.8 Å². The van der Waals surface area contributed by atoms with Crippen LogP contribution in [0.15, 0.2) is 23.1 Å². The summed E-state index contributed by atoms with van der Waals surface area (Å²) in [6, 6.07) is 4.25. The molecule has 2 rings (SSSR count). The molecule has 1 N–H and O–H groups in total. The second-order valence-corrected chi connectivity index (χ2v) is 5.39. The number of benzene rings is 1. The number of carbonyl (C=O) groups is 1. The van der Waals surface area contributed by atoms with Gasteiger partial charge in [-0.05, 0) is 43.9 Å². The molecule has 0 spiro atoms. The van der Waals surface area contributed by atoms with Gasteiger partial charge in [-0.1, -0.05) is 0 Å². The molecule has 5 heteroatoms. The summed E-state index contributed by atoms with van der Waals surface area (Å²) in [6.07, 6.45) is 1.85. The minimum absolute atomic E-state index is 0.0133. The molecule has 1 saturated heterocycles. The number of halogens is 1. The Morgan fingerprint density at radius 1 is 1.47 bits per heavy atom. The summed E-state index contributed by atoms with van der Waals surface area (Å²) in [5.74, 6) is -0.512. The highest BCUT2D eigenvalue weighted by Crippen LogP contribution is 2.19. The average Bonchev–Trinajstić information content (AvgIpc) is 2.42. The van der Waals surface area contributed by atoms with E-state index >= 15 is 0 Å². The topological polar surface area (TPSA) is 38.3 Å². The van der Waals surface area contributed by atoms with Crippen LogP contribution in [0.25, 0.3) is 0 Å². The predicted molar refractivity (Wildman–Crippen MR) is 74.1 cm³/mol. The lowest BCUT2D eigenvalue weighted by atomic mass is 9.93. The maximum Gasteiger partial charge on any atom is 0.254 e. The summed E-state index contributed by atoms with van der Waals surface area (Å²) in [5.41, 5.74) is 0.0476. The highest BCUT2D eigenvalue weighted by atomic mass is 32.1. The van der Waals surface area contributed by atoms with Crippen molar-refractivity contribution in [2.75, 3.05) is 13.2 Å². The Labute approximate surface area is 117 Å². The molecule has 1 aromatic rings. The van der Waals surface area contributed by atoms with E-state index < -0.39 is 5.82 Å². The zero-order chi connectivity index (χ0) is 13.8. The first-order valence-electron chi connectivity index (χ1n) is 6.45. The van der Waals surface area contributed by atoms with Crippen molar-refractivity contribution in [2.45, 2.75) is 30.7 Å². The van der Waals surface area contributed by atoms with Crippen molar-refractivity contribution in [1.29, 1.82) is 0 Å². The lowest BCUT2D eigenvalue weighted by Gasteiger charge is -2.28. The Balaban J connectivity index is 2.01. The number of hydrogen-bond acceptors (Lipinski definition) is 3. The van der Waals surface area contributed by atoms with Gasteiger partial charge in [-0.15, -0.1) is 12.6 Å². The van der Waals surface area contributed by atoms with Gasteiger partial charge in [-0.25, -0.2) is 4.39 Å². The van der Waals surface area contributed by atoms with Gasteiger partial charge in [-0.2, -0.15) is 0 Å². The van der Waals surface area contributed by atoms with Crippen molar-refractivity contribution in [1.82, 2.24) is 5.32 Å². The molecule has 0 bridgehead atoms. The smallest absolute Gasteiger partial charge is 0.254 e. The van der Waals surface area contributed by atoms with Gasteiger partial charge in [-0.3, -0.25) is 4.79 Å². The van der Waals surface area contributed by atoms with Gasteiger partial charge in [0.25, 0.3) is 5.91 Å². The minimum Gasteiger partial charge on any atom is -0.381 e. The molecular weight excluding hydrogens is 265 g/mol. The van der Waals surface area contributed by atoms with Crippen molar-refractivity contribution >= 4 is 18.5 Å². The first-order valence-corrected chi connectivity index (χ1v) is 6.90. The van der Waals surface area contributed by atoms with Crippen LogP contribution in [0.1, 0.15) is 30.1 Å². The zero-order valence-corrected chi connectivity index (χ0v) is 11.8. The molecule has 1 atom stereocenters. The van der Waals surface area contributed by atoms with Gasteiger partial charge in [0.15, 0.2) is 0 Å². The third-order valence-electron chi connectivity index (χ3n) is 3.53. The summed E-state index contributed by atoms with van der Waals surface area (Å²) < 4.78 is 18.9. The molecule has 1 aromatic carbocycles. The lowest BCUT2D eigenvalue weighted by Crippen LogP contribution is -2.40. The van der Waals surface area contributed by atoms with Gasteiger partial charge >= 0.3 is 0 Å². The highest BCUT2D eigenvalue weighted by Gasteiger charge is 2.23. The minimum atomic E-state index is -0.519. The number of ether oxygens (including phenoxy) is 1. The van der Waals surface area contributed by atoms with Crippen molar-refractivity contribution in [2.24, 2.45) is 5.92 Å². The monoisotopic (exact) mass is 283 g/mol. The molecular formula is C14H18FNO2S. The van der Waals surface area contributed by atoms with Crippen LogP contribution in [0, 0.1) is 11.7 Å². The summed E-state index contributed by atoms with van der Waals surface area (Å²) >= 11 is 4.13. The second-order valence-electron chi connectivity index (χ2n) is 4.88. The van der Waals surface area contributed by atoms with Crippen LogP contribution in [-0.2, 0) is 4.74 Å². The first kappa shape index (κ1) is 14.3. The van der Waals surface area contributed by atoms with Crippen LogP contribution in [0.4, 0.5) is 4.39 Å². The molecule has 1 fully saturated rings. The number of nitrogens with one attached hydrogen (secondary N) is 1. The standard InChI is InChI=1S/C14H18FNO2S/c1-9(10-4-6-18-7-5-10)16-14(17)12-8-11(19)2-3-13(12)15/h2-3,8-10,19H,4-7H2,1H3,(H,16,17). The Hall–Kier alpha value is -1.07. The maximum atomic E-state index is 13.6. The van der Waals surface area contributed by atoms with Gasteiger partial charge in [0, 0.05) is 24.2 Å². The molecule has 1 heterocycles. The first-order chi connectivity index (χ1) is 9.08. The summed E-state index contributed by atoms with van der Waals surface area (Å²) in [5, 5.41) is 2.87. The van der Waals surface area contributed by atoms with Crippen molar-refractivity contribution in [3.8, 4) is 0 Å². The van der Waals surface area contributed by atoms with Crippen molar-refractivity contribution in [3.63, 3.8) is 0 Å². The fourth-order valence-corrected chi connectivity index (χ4v) is 2.51. The van der Waals surface area contributed by atoms with Gasteiger partial charge in [0.05, 0.1) is 5.56 Å². The third kappa shape index (κ3) is 3.70. The predicted octanol–water partition coefficient (Wildman–Crippen LogP) is 2.66. The highest BCUT2D eigenvalue weighted by molar-refractivity contribution is 7.80. The Morgan fingerprint density at radius 2 is 2.16 bits per heavy atom. The van der Waals surface area contributed by atoms with Crippen molar-refractivity contribution < 1.29 is 13.9 Å². The molecule has 0 saturated carbocycles. The second kappa shape index (κ2) is 6.39. The largest absolute Gasteiger partial charge is 0.381 e. The van der Waals surface area contributed by atoms with E-state index in [-0.39, 0.29) is 17.5 Å². The molecule has 104 valence electrons. The molecule has 3 nitrogen and oxygen atoms in total. The van der Waals surface area contributed by atoms with E-state index in [4.69, 9.17) is 4.74 Å². The van der Waals surface area contributed by atoms with Gasteiger partial charge in [0.2, 0.25) is 0 Å². The molecule has 19 heavy (non-hydrogen) atoms. The third-order valence-corrected chi connectivity index (χ3v) is 3.80. The summed E-state index contributed by atoms with van der Waals surface area (Å²) in [7, 11) is 0. The van der Waals surface area contributed by atoms with Crippen LogP contribution in [0.2, 0.25) is 0 Å². The molecule has 1 unspecified atom stereocenters. The Bertz CT molecular complexity index is 461. The molecule has 1 aliphatic heterocycles. The fraction of sp³-hybridized carbons (Fsp3) is 0.500. The number of thiol groups is 1. The van der Waals surface area contributed by atoms with E-state index in [2.05, 4.69) is 17.9 Å². The van der Waals surface area contributed by atoms with Gasteiger partial charge < -0.3 is 10.1 Å². The van der Waals surface area contributed by atoms with E-state index in [9.17, 15) is 9.18 Å². The zero-order valence-electron chi connectivity index (χ0n) is 10.9. The van der Waals surface area contributed by atoms with E-state index in [1.165, 1.54) is 18.2 Å². The number of hydrogen-bond donors (Lipinski definition) is 2. The van der Waals surface area contributed by atoms with Crippen molar-refractivity contribution in [3.05, 3.63) is 29.6 Å². The molecule has 1 aliphatic rings. The Morgan fingerprint density at radius 3 is 2.84 bits per heavy atom. The molecule has 0 aliphatic carbocycles. The summed E-state index contributed by atoms with van der Waals surface area (Å²) in [6.45, 7) is 3.41. The van der Waals surface area contributed by atoms with Crippen LogP contribution in [0.5, 0.6) is 0 Å². The quantitative estimate of drug-likeness (QED) is 0.837. The number of carbonyl (C=O) groups excluding carboxylic acids is 1. The van der Waals surface area contributed by atoms with E-state index in [1.807, 2.05) is 6.92 Å². The van der Waals surface area contributed by atoms with E-state index in [0.717, 1.165) is 26.1 Å². The normalized spacial score (nSPS) is 18.1. The fourth-order valence-electron chi connectivity index (χ4n) is 2.31. The SMILES string of the molecule is CC(NC(=O)c1cc(S)ccc1F)C1CCOCC1. The van der Waals surface area contributed by atoms with Crippen LogP contribution in [0.3, 0.4) is 0 Å². The number of amides is 1.